The average molecular weight is 264 g/mol. The molecule has 0 radical (unpaired) electrons. The third kappa shape index (κ3) is 2.77. The van der Waals surface area contributed by atoms with E-state index in [1.54, 1.807) is 12.5 Å². The predicted octanol–water partition coefficient (Wildman–Crippen LogP) is 3.70. The van der Waals surface area contributed by atoms with E-state index in [-0.39, 0.29) is 5.78 Å². The highest BCUT2D eigenvalue weighted by Crippen LogP contribution is 2.17. The maximum atomic E-state index is 12.2. The number of imidazole rings is 1. The fourth-order valence-electron chi connectivity index (χ4n) is 2.35. The molecule has 0 saturated heterocycles. The van der Waals surface area contributed by atoms with Gasteiger partial charge in [0, 0.05) is 30.9 Å². The number of fused-ring (bicyclic) bond motifs is 1. The fourth-order valence-corrected chi connectivity index (χ4v) is 2.35. The van der Waals surface area contributed by atoms with Gasteiger partial charge >= 0.3 is 0 Å². The molecular formula is C17H16N2O. The summed E-state index contributed by atoms with van der Waals surface area (Å²) in [6.07, 6.45) is 6.85. The first-order chi connectivity index (χ1) is 9.83. The summed E-state index contributed by atoms with van der Waals surface area (Å²) in [7, 11) is 0. The minimum Gasteiger partial charge on any atom is -0.337 e. The Morgan fingerprint density at radius 3 is 2.75 bits per heavy atom. The monoisotopic (exact) mass is 264 g/mol. The molecule has 3 rings (SSSR count). The molecule has 0 saturated carbocycles. The topological polar surface area (TPSA) is 34.9 Å². The molecule has 0 atom stereocenters. The summed E-state index contributed by atoms with van der Waals surface area (Å²) in [6, 6.07) is 14.0. The van der Waals surface area contributed by atoms with Crippen LogP contribution in [0.15, 0.2) is 61.2 Å². The Kier molecular flexibility index (Phi) is 3.59. The molecule has 100 valence electrons. The van der Waals surface area contributed by atoms with Gasteiger partial charge in [-0.15, -0.1) is 0 Å². The number of ketones is 1. The van der Waals surface area contributed by atoms with Crippen molar-refractivity contribution in [3.05, 3.63) is 66.7 Å². The van der Waals surface area contributed by atoms with Crippen molar-refractivity contribution in [3.8, 4) is 0 Å². The number of benzene rings is 2. The van der Waals surface area contributed by atoms with Gasteiger partial charge in [-0.3, -0.25) is 4.79 Å². The van der Waals surface area contributed by atoms with Gasteiger partial charge in [-0.1, -0.05) is 36.4 Å². The van der Waals surface area contributed by atoms with Crippen molar-refractivity contribution in [3.63, 3.8) is 0 Å². The van der Waals surface area contributed by atoms with Crippen molar-refractivity contribution < 1.29 is 4.79 Å². The van der Waals surface area contributed by atoms with E-state index >= 15 is 0 Å². The summed E-state index contributed by atoms with van der Waals surface area (Å²) in [5.74, 6) is 0.205. The zero-order chi connectivity index (χ0) is 13.8. The summed E-state index contributed by atoms with van der Waals surface area (Å²) in [5.41, 5.74) is 0.800. The van der Waals surface area contributed by atoms with Gasteiger partial charge < -0.3 is 4.57 Å². The summed E-state index contributed by atoms with van der Waals surface area (Å²) in [6.45, 7) is 0.833. The molecule has 0 bridgehead atoms. The van der Waals surface area contributed by atoms with E-state index in [2.05, 4.69) is 11.1 Å². The number of aromatic nitrogens is 2. The minimum absolute atomic E-state index is 0.205. The Balaban J connectivity index is 1.66. The van der Waals surface area contributed by atoms with E-state index in [9.17, 15) is 4.79 Å². The lowest BCUT2D eigenvalue weighted by atomic mass is 10.0. The zero-order valence-electron chi connectivity index (χ0n) is 11.2. The summed E-state index contributed by atoms with van der Waals surface area (Å²) >= 11 is 0. The molecule has 0 spiro atoms. The van der Waals surface area contributed by atoms with Gasteiger partial charge in [-0.25, -0.2) is 4.98 Å². The van der Waals surface area contributed by atoms with E-state index < -0.39 is 0 Å². The lowest BCUT2D eigenvalue weighted by Crippen LogP contribution is -2.02. The van der Waals surface area contributed by atoms with Crippen LogP contribution >= 0.6 is 0 Å². The van der Waals surface area contributed by atoms with Crippen LogP contribution in [0.3, 0.4) is 0 Å². The lowest BCUT2D eigenvalue weighted by Gasteiger charge is -2.04. The molecule has 0 amide bonds. The first-order valence-electron chi connectivity index (χ1n) is 6.81. The molecule has 0 unspecified atom stereocenters. The maximum Gasteiger partial charge on any atom is 0.162 e. The third-order valence-electron chi connectivity index (χ3n) is 3.45. The van der Waals surface area contributed by atoms with E-state index in [0.29, 0.717) is 6.42 Å². The van der Waals surface area contributed by atoms with Crippen LogP contribution in [0.4, 0.5) is 0 Å². The van der Waals surface area contributed by atoms with Gasteiger partial charge in [-0.2, -0.15) is 0 Å². The Morgan fingerprint density at radius 1 is 1.10 bits per heavy atom. The van der Waals surface area contributed by atoms with Crippen LogP contribution in [-0.4, -0.2) is 15.3 Å². The standard InChI is InChI=1S/C17H16N2O/c20-17(6-3-10-19-11-9-18-13-19)16-8-7-14-4-1-2-5-15(14)12-16/h1-2,4-5,7-9,11-13H,3,6,10H2. The Hall–Kier alpha value is -2.42. The molecule has 0 aliphatic rings. The largest absolute Gasteiger partial charge is 0.337 e. The van der Waals surface area contributed by atoms with Crippen LogP contribution in [0.25, 0.3) is 10.8 Å². The van der Waals surface area contributed by atoms with Gasteiger partial charge in [0.1, 0.15) is 0 Å². The van der Waals surface area contributed by atoms with Crippen molar-refractivity contribution in [1.82, 2.24) is 9.55 Å². The molecular weight excluding hydrogens is 248 g/mol. The third-order valence-corrected chi connectivity index (χ3v) is 3.45. The van der Waals surface area contributed by atoms with Crippen molar-refractivity contribution in [1.29, 1.82) is 0 Å². The highest BCUT2D eigenvalue weighted by Gasteiger charge is 2.06. The fraction of sp³-hybridized carbons (Fsp3) is 0.176. The normalized spacial score (nSPS) is 10.8. The number of carbonyl (C=O) groups is 1. The van der Waals surface area contributed by atoms with Crippen molar-refractivity contribution >= 4 is 16.6 Å². The molecule has 0 N–H and O–H groups in total. The molecule has 0 aliphatic heterocycles. The highest BCUT2D eigenvalue weighted by molar-refractivity contribution is 5.99. The molecule has 1 aromatic heterocycles. The number of carbonyl (C=O) groups excluding carboxylic acids is 1. The molecule has 1 heterocycles. The van der Waals surface area contributed by atoms with E-state index in [1.807, 2.05) is 47.2 Å². The van der Waals surface area contributed by atoms with E-state index in [0.717, 1.165) is 23.9 Å². The van der Waals surface area contributed by atoms with Crippen LogP contribution in [0.5, 0.6) is 0 Å². The van der Waals surface area contributed by atoms with E-state index in [4.69, 9.17) is 0 Å². The summed E-state index contributed by atoms with van der Waals surface area (Å²) in [5, 5.41) is 2.29. The SMILES string of the molecule is O=C(CCCn1ccnc1)c1ccc2ccccc2c1. The van der Waals surface area contributed by atoms with Crippen molar-refractivity contribution in [2.24, 2.45) is 0 Å². The number of aryl methyl sites for hydroxylation is 1. The Bertz CT molecular complexity index is 717. The molecule has 3 nitrogen and oxygen atoms in total. The number of nitrogens with zero attached hydrogens (tertiary/aromatic N) is 2. The van der Waals surface area contributed by atoms with Crippen LogP contribution in [-0.2, 0) is 6.54 Å². The number of Topliss-reactive ketones (excluding diaryl/α,β-unsaturated/α-hetero) is 1. The summed E-state index contributed by atoms with van der Waals surface area (Å²) in [4.78, 5) is 16.2. The molecule has 3 aromatic rings. The van der Waals surface area contributed by atoms with Gasteiger partial charge in [0.05, 0.1) is 6.33 Å². The van der Waals surface area contributed by atoms with Crippen LogP contribution in [0, 0.1) is 0 Å². The molecule has 3 heteroatoms. The summed E-state index contributed by atoms with van der Waals surface area (Å²) < 4.78 is 1.99. The molecule has 2 aromatic carbocycles. The second-order valence-electron chi connectivity index (χ2n) is 4.89. The van der Waals surface area contributed by atoms with Gasteiger partial charge in [0.25, 0.3) is 0 Å². The Labute approximate surface area is 117 Å². The molecule has 0 aliphatic carbocycles. The zero-order valence-corrected chi connectivity index (χ0v) is 11.2. The first kappa shape index (κ1) is 12.6. The number of rotatable bonds is 5. The molecule has 0 fully saturated rings. The lowest BCUT2D eigenvalue weighted by molar-refractivity contribution is 0.0978. The van der Waals surface area contributed by atoms with Crippen molar-refractivity contribution in [2.45, 2.75) is 19.4 Å². The van der Waals surface area contributed by atoms with Crippen LogP contribution in [0.2, 0.25) is 0 Å². The smallest absolute Gasteiger partial charge is 0.162 e. The maximum absolute atomic E-state index is 12.2. The quantitative estimate of drug-likeness (QED) is 0.659. The van der Waals surface area contributed by atoms with E-state index in [1.165, 1.54) is 5.39 Å². The van der Waals surface area contributed by atoms with Gasteiger partial charge in [0.15, 0.2) is 5.78 Å². The van der Waals surface area contributed by atoms with Gasteiger partial charge in [-0.05, 0) is 23.3 Å². The molecule has 20 heavy (non-hydrogen) atoms. The Morgan fingerprint density at radius 2 is 1.95 bits per heavy atom. The van der Waals surface area contributed by atoms with Crippen LogP contribution in [0.1, 0.15) is 23.2 Å². The highest BCUT2D eigenvalue weighted by atomic mass is 16.1. The second-order valence-corrected chi connectivity index (χ2v) is 4.89. The van der Waals surface area contributed by atoms with Gasteiger partial charge in [0.2, 0.25) is 0 Å². The number of hydrogen-bond donors (Lipinski definition) is 0. The second kappa shape index (κ2) is 5.70. The predicted molar refractivity (Wildman–Crippen MR) is 79.7 cm³/mol. The average Bonchev–Trinajstić information content (AvgIpc) is 3.00. The van der Waals surface area contributed by atoms with Crippen LogP contribution < -0.4 is 0 Å². The minimum atomic E-state index is 0.205. The number of hydrogen-bond acceptors (Lipinski definition) is 2. The first-order valence-corrected chi connectivity index (χ1v) is 6.81. The van der Waals surface area contributed by atoms with Crippen molar-refractivity contribution in [2.75, 3.05) is 0 Å².